The Morgan fingerprint density at radius 2 is 1.74 bits per heavy atom. The monoisotopic (exact) mass is 368 g/mol. The van der Waals surface area contributed by atoms with Gasteiger partial charge in [0.25, 0.3) is 11.8 Å². The molecule has 0 spiro atoms. The van der Waals surface area contributed by atoms with Gasteiger partial charge in [-0.2, -0.15) is 0 Å². The first-order valence-corrected chi connectivity index (χ1v) is 8.57. The summed E-state index contributed by atoms with van der Waals surface area (Å²) in [5, 5.41) is 5.44. The molecular weight excluding hydrogens is 348 g/mol. The molecule has 1 aliphatic rings. The van der Waals surface area contributed by atoms with Gasteiger partial charge in [-0.05, 0) is 49.2 Å². The summed E-state index contributed by atoms with van der Waals surface area (Å²) in [4.78, 5) is 36.4. The summed E-state index contributed by atoms with van der Waals surface area (Å²) in [6, 6.07) is 13.3. The highest BCUT2D eigenvalue weighted by Gasteiger charge is 2.24. The fourth-order valence-electron chi connectivity index (χ4n) is 2.41. The van der Waals surface area contributed by atoms with Gasteiger partial charge in [-0.25, -0.2) is 4.79 Å². The van der Waals surface area contributed by atoms with Crippen LogP contribution in [0.3, 0.4) is 0 Å². The number of esters is 1. The second-order valence-corrected chi connectivity index (χ2v) is 6.15. The number of hydrogen-bond acceptors (Lipinski definition) is 5. The van der Waals surface area contributed by atoms with E-state index in [4.69, 9.17) is 9.47 Å². The van der Waals surface area contributed by atoms with Crippen molar-refractivity contribution in [2.45, 2.75) is 18.9 Å². The van der Waals surface area contributed by atoms with Crippen LogP contribution in [0.5, 0.6) is 5.75 Å². The van der Waals surface area contributed by atoms with Crippen LogP contribution in [-0.2, 0) is 9.53 Å². The van der Waals surface area contributed by atoms with Crippen molar-refractivity contribution in [2.24, 2.45) is 0 Å². The highest BCUT2D eigenvalue weighted by atomic mass is 16.5. The molecule has 7 nitrogen and oxygen atoms in total. The van der Waals surface area contributed by atoms with E-state index in [1.54, 1.807) is 49.6 Å². The number of rotatable bonds is 7. The molecule has 3 rings (SSSR count). The summed E-state index contributed by atoms with van der Waals surface area (Å²) in [5.74, 6) is -0.735. The molecule has 0 aliphatic heterocycles. The number of carbonyl (C=O) groups is 3. The number of ether oxygens (including phenoxy) is 2. The number of nitrogens with one attached hydrogen (secondary N) is 2. The number of methoxy groups -OCH3 is 1. The molecule has 2 aromatic carbocycles. The Balaban J connectivity index is 1.64. The minimum Gasteiger partial charge on any atom is -0.497 e. The predicted molar refractivity (Wildman–Crippen MR) is 98.8 cm³/mol. The molecule has 2 aromatic rings. The molecule has 0 saturated heterocycles. The van der Waals surface area contributed by atoms with Crippen LogP contribution < -0.4 is 15.4 Å². The lowest BCUT2D eigenvalue weighted by Gasteiger charge is -2.11. The van der Waals surface area contributed by atoms with E-state index < -0.39 is 5.97 Å². The summed E-state index contributed by atoms with van der Waals surface area (Å²) in [6.07, 6.45) is 1.92. The predicted octanol–water partition coefficient (Wildman–Crippen LogP) is 2.38. The van der Waals surface area contributed by atoms with Gasteiger partial charge in [0.15, 0.2) is 6.61 Å². The van der Waals surface area contributed by atoms with E-state index >= 15 is 0 Å². The first-order chi connectivity index (χ1) is 13.1. The zero-order valence-corrected chi connectivity index (χ0v) is 14.9. The number of amides is 2. The molecule has 1 saturated carbocycles. The summed E-state index contributed by atoms with van der Waals surface area (Å²) in [6.45, 7) is -0.351. The largest absolute Gasteiger partial charge is 0.497 e. The number of anilines is 1. The highest BCUT2D eigenvalue weighted by molar-refractivity contribution is 6.08. The molecule has 0 atom stereocenters. The topological polar surface area (TPSA) is 93.7 Å². The van der Waals surface area contributed by atoms with E-state index in [9.17, 15) is 14.4 Å². The highest BCUT2D eigenvalue weighted by Crippen LogP contribution is 2.20. The van der Waals surface area contributed by atoms with Gasteiger partial charge in [-0.3, -0.25) is 9.59 Å². The molecule has 0 bridgehead atoms. The van der Waals surface area contributed by atoms with Gasteiger partial charge in [-0.1, -0.05) is 12.1 Å². The van der Waals surface area contributed by atoms with Gasteiger partial charge in [0, 0.05) is 11.6 Å². The summed E-state index contributed by atoms with van der Waals surface area (Å²) in [7, 11) is 1.54. The van der Waals surface area contributed by atoms with E-state index in [0.29, 0.717) is 17.0 Å². The van der Waals surface area contributed by atoms with E-state index in [0.717, 1.165) is 12.8 Å². The van der Waals surface area contributed by atoms with Gasteiger partial charge < -0.3 is 20.1 Å². The van der Waals surface area contributed by atoms with Crippen LogP contribution in [-0.4, -0.2) is 37.5 Å². The molecule has 27 heavy (non-hydrogen) atoms. The lowest BCUT2D eigenvalue weighted by molar-refractivity contribution is -0.124. The maximum atomic E-state index is 12.4. The van der Waals surface area contributed by atoms with Gasteiger partial charge in [0.05, 0.1) is 18.4 Å². The van der Waals surface area contributed by atoms with Crippen molar-refractivity contribution in [1.82, 2.24) is 5.32 Å². The molecule has 2 N–H and O–H groups in total. The molecular formula is C20H20N2O5. The van der Waals surface area contributed by atoms with Gasteiger partial charge in [-0.15, -0.1) is 0 Å². The molecule has 0 heterocycles. The second kappa shape index (κ2) is 8.35. The number of para-hydroxylation sites is 1. The maximum Gasteiger partial charge on any atom is 0.340 e. The van der Waals surface area contributed by atoms with Crippen LogP contribution in [0.15, 0.2) is 48.5 Å². The average molecular weight is 368 g/mol. The van der Waals surface area contributed by atoms with Crippen LogP contribution in [0.2, 0.25) is 0 Å². The van der Waals surface area contributed by atoms with Crippen molar-refractivity contribution in [3.63, 3.8) is 0 Å². The molecule has 0 radical (unpaired) electrons. The third-order valence-corrected chi connectivity index (χ3v) is 4.02. The first kappa shape index (κ1) is 18.4. The lowest BCUT2D eigenvalue weighted by Crippen LogP contribution is -2.30. The number of carbonyl (C=O) groups excluding carboxylic acids is 3. The fourth-order valence-corrected chi connectivity index (χ4v) is 2.41. The van der Waals surface area contributed by atoms with Gasteiger partial charge in [0.1, 0.15) is 5.75 Å². The maximum absolute atomic E-state index is 12.4. The molecule has 0 aromatic heterocycles. The fraction of sp³-hybridized carbons (Fsp3) is 0.250. The minimum atomic E-state index is -0.674. The molecule has 2 amide bonds. The zero-order chi connectivity index (χ0) is 19.2. The molecule has 0 unspecified atom stereocenters. The Bertz CT molecular complexity index is 844. The molecule has 140 valence electrons. The summed E-state index contributed by atoms with van der Waals surface area (Å²) >= 11 is 0. The third kappa shape index (κ3) is 5.07. The molecule has 1 aliphatic carbocycles. The average Bonchev–Trinajstić information content (AvgIpc) is 3.50. The number of hydrogen-bond donors (Lipinski definition) is 2. The second-order valence-electron chi connectivity index (χ2n) is 6.15. The van der Waals surface area contributed by atoms with Crippen molar-refractivity contribution in [3.05, 3.63) is 59.7 Å². The number of benzene rings is 2. The summed E-state index contributed by atoms with van der Waals surface area (Å²) < 4.78 is 10.1. The van der Waals surface area contributed by atoms with Crippen LogP contribution >= 0.6 is 0 Å². The van der Waals surface area contributed by atoms with Crippen molar-refractivity contribution in [2.75, 3.05) is 19.0 Å². The Morgan fingerprint density at radius 3 is 2.41 bits per heavy atom. The van der Waals surface area contributed by atoms with E-state index in [1.165, 1.54) is 6.07 Å². The zero-order valence-electron chi connectivity index (χ0n) is 14.9. The van der Waals surface area contributed by atoms with Crippen molar-refractivity contribution < 1.29 is 23.9 Å². The molecule has 1 fully saturated rings. The van der Waals surface area contributed by atoms with E-state index in [1.807, 2.05) is 0 Å². The van der Waals surface area contributed by atoms with E-state index in [-0.39, 0.29) is 30.0 Å². The van der Waals surface area contributed by atoms with Crippen molar-refractivity contribution >= 4 is 23.5 Å². The minimum absolute atomic E-state index is 0.179. The van der Waals surface area contributed by atoms with Gasteiger partial charge in [0.2, 0.25) is 0 Å². The van der Waals surface area contributed by atoms with Crippen LogP contribution in [0.25, 0.3) is 0 Å². The summed E-state index contributed by atoms with van der Waals surface area (Å²) in [5.41, 5.74) is 0.910. The Kier molecular flexibility index (Phi) is 5.71. The van der Waals surface area contributed by atoms with Crippen LogP contribution in [0, 0.1) is 0 Å². The first-order valence-electron chi connectivity index (χ1n) is 8.57. The standard InChI is InChI=1S/C20H20N2O5/c1-26-15-10-6-13(7-11-15)19(24)22-17-5-3-2-4-16(17)20(25)27-12-18(23)21-14-8-9-14/h2-7,10-11,14H,8-9,12H2,1H3,(H,21,23)(H,22,24). The third-order valence-electron chi connectivity index (χ3n) is 4.02. The normalized spacial score (nSPS) is 12.8. The smallest absolute Gasteiger partial charge is 0.340 e. The van der Waals surface area contributed by atoms with Crippen molar-refractivity contribution in [3.8, 4) is 5.75 Å². The Morgan fingerprint density at radius 1 is 1.04 bits per heavy atom. The van der Waals surface area contributed by atoms with E-state index in [2.05, 4.69) is 10.6 Å². The Labute approximate surface area is 156 Å². The van der Waals surface area contributed by atoms with Crippen LogP contribution in [0.1, 0.15) is 33.6 Å². The SMILES string of the molecule is COc1ccc(C(=O)Nc2ccccc2C(=O)OCC(=O)NC2CC2)cc1. The quantitative estimate of drug-likeness (QED) is 0.732. The molecule has 7 heteroatoms. The lowest BCUT2D eigenvalue weighted by atomic mass is 10.1. The van der Waals surface area contributed by atoms with Gasteiger partial charge >= 0.3 is 5.97 Å². The Hall–Kier alpha value is -3.35. The van der Waals surface area contributed by atoms with Crippen LogP contribution in [0.4, 0.5) is 5.69 Å². The van der Waals surface area contributed by atoms with Crippen molar-refractivity contribution in [1.29, 1.82) is 0 Å².